The molecule has 110 valence electrons. The van der Waals surface area contributed by atoms with E-state index < -0.39 is 29.3 Å². The lowest BCUT2D eigenvalue weighted by molar-refractivity contribution is -0.148. The SMILES string of the molecule is CC(C)C(=O)OCC(C=O)Cc1cc(F)c(F)cc1F. The Morgan fingerprint density at radius 2 is 1.80 bits per heavy atom. The summed E-state index contributed by atoms with van der Waals surface area (Å²) in [6, 6.07) is 1.12. The fourth-order valence-corrected chi connectivity index (χ4v) is 1.50. The first-order chi connectivity index (χ1) is 9.35. The van der Waals surface area contributed by atoms with E-state index in [0.717, 1.165) is 0 Å². The van der Waals surface area contributed by atoms with Crippen molar-refractivity contribution in [1.29, 1.82) is 0 Å². The highest BCUT2D eigenvalue weighted by molar-refractivity contribution is 5.71. The van der Waals surface area contributed by atoms with E-state index in [1.54, 1.807) is 13.8 Å². The number of aldehydes is 1. The number of halogens is 3. The van der Waals surface area contributed by atoms with Gasteiger partial charge in [0, 0.05) is 6.07 Å². The average Bonchev–Trinajstić information content (AvgIpc) is 2.39. The molecule has 0 aliphatic rings. The Hall–Kier alpha value is -1.85. The number of benzene rings is 1. The zero-order chi connectivity index (χ0) is 15.3. The van der Waals surface area contributed by atoms with E-state index in [2.05, 4.69) is 0 Å². The standard InChI is InChI=1S/C14H15F3O3/c1-8(2)14(19)20-7-9(6-18)3-10-4-12(16)13(17)5-11(10)15/h4-6,8-9H,3,7H2,1-2H3. The molecule has 0 bridgehead atoms. The number of rotatable bonds is 6. The fourth-order valence-electron chi connectivity index (χ4n) is 1.50. The van der Waals surface area contributed by atoms with Gasteiger partial charge in [-0.05, 0) is 18.1 Å². The second-order valence-electron chi connectivity index (χ2n) is 4.74. The lowest BCUT2D eigenvalue weighted by Crippen LogP contribution is -2.20. The molecule has 0 fully saturated rings. The van der Waals surface area contributed by atoms with Crippen molar-refractivity contribution >= 4 is 12.3 Å². The first-order valence-corrected chi connectivity index (χ1v) is 6.10. The third-order valence-electron chi connectivity index (χ3n) is 2.67. The number of carbonyl (C=O) groups is 2. The van der Waals surface area contributed by atoms with Crippen LogP contribution in [0.4, 0.5) is 13.2 Å². The summed E-state index contributed by atoms with van der Waals surface area (Å²) in [5.41, 5.74) is -0.137. The molecule has 1 aromatic rings. The summed E-state index contributed by atoms with van der Waals surface area (Å²) in [5, 5.41) is 0. The summed E-state index contributed by atoms with van der Waals surface area (Å²) < 4.78 is 44.1. The van der Waals surface area contributed by atoms with Crippen molar-refractivity contribution in [2.45, 2.75) is 20.3 Å². The summed E-state index contributed by atoms with van der Waals surface area (Å²) in [6.07, 6.45) is 0.326. The van der Waals surface area contributed by atoms with Crippen LogP contribution in [0.1, 0.15) is 19.4 Å². The molecule has 0 heterocycles. The van der Waals surface area contributed by atoms with Crippen molar-refractivity contribution < 1.29 is 27.5 Å². The Morgan fingerprint density at radius 1 is 1.20 bits per heavy atom. The summed E-state index contributed by atoms with van der Waals surface area (Å²) in [6.45, 7) is 3.04. The highest BCUT2D eigenvalue weighted by Gasteiger charge is 2.17. The monoisotopic (exact) mass is 288 g/mol. The molecule has 1 atom stereocenters. The zero-order valence-corrected chi connectivity index (χ0v) is 11.2. The third-order valence-corrected chi connectivity index (χ3v) is 2.67. The molecule has 0 radical (unpaired) electrons. The Bertz CT molecular complexity index is 501. The van der Waals surface area contributed by atoms with Gasteiger partial charge in [0.15, 0.2) is 11.6 Å². The summed E-state index contributed by atoms with van der Waals surface area (Å²) in [5.74, 6) is -5.06. The predicted octanol–water partition coefficient (Wildman–Crippen LogP) is 2.66. The van der Waals surface area contributed by atoms with Gasteiger partial charge >= 0.3 is 5.97 Å². The van der Waals surface area contributed by atoms with Gasteiger partial charge in [0.25, 0.3) is 0 Å². The van der Waals surface area contributed by atoms with E-state index in [9.17, 15) is 22.8 Å². The molecule has 0 aliphatic heterocycles. The first-order valence-electron chi connectivity index (χ1n) is 6.10. The smallest absolute Gasteiger partial charge is 0.308 e. The fraction of sp³-hybridized carbons (Fsp3) is 0.429. The van der Waals surface area contributed by atoms with Gasteiger partial charge in [-0.25, -0.2) is 13.2 Å². The molecule has 0 N–H and O–H groups in total. The van der Waals surface area contributed by atoms with Crippen LogP contribution >= 0.6 is 0 Å². The Kier molecular flexibility index (Phi) is 5.73. The van der Waals surface area contributed by atoms with Crippen LogP contribution in [0.25, 0.3) is 0 Å². The van der Waals surface area contributed by atoms with Gasteiger partial charge in [0.05, 0.1) is 11.8 Å². The molecule has 1 unspecified atom stereocenters. The Balaban J connectivity index is 2.72. The van der Waals surface area contributed by atoms with E-state index in [0.29, 0.717) is 18.4 Å². The first kappa shape index (κ1) is 16.2. The summed E-state index contributed by atoms with van der Waals surface area (Å²) in [7, 11) is 0. The van der Waals surface area contributed by atoms with Crippen LogP contribution in [0.2, 0.25) is 0 Å². The molecule has 0 aromatic heterocycles. The third kappa shape index (κ3) is 4.36. The number of ether oxygens (including phenoxy) is 1. The van der Waals surface area contributed by atoms with E-state index in [1.165, 1.54) is 0 Å². The molecule has 0 saturated carbocycles. The largest absolute Gasteiger partial charge is 0.465 e. The minimum atomic E-state index is -1.29. The van der Waals surface area contributed by atoms with Crippen LogP contribution in [0, 0.1) is 29.3 Å². The lowest BCUT2D eigenvalue weighted by atomic mass is 10.0. The van der Waals surface area contributed by atoms with Gasteiger partial charge in [-0.1, -0.05) is 13.8 Å². The minimum absolute atomic E-state index is 0.137. The number of hydrogen-bond donors (Lipinski definition) is 0. The van der Waals surface area contributed by atoms with Crippen LogP contribution < -0.4 is 0 Å². The van der Waals surface area contributed by atoms with Crippen LogP contribution in [-0.4, -0.2) is 18.9 Å². The van der Waals surface area contributed by atoms with Crippen molar-refractivity contribution in [3.63, 3.8) is 0 Å². The van der Waals surface area contributed by atoms with Gasteiger partial charge in [-0.3, -0.25) is 4.79 Å². The van der Waals surface area contributed by atoms with Crippen molar-refractivity contribution in [2.24, 2.45) is 11.8 Å². The molecule has 0 spiro atoms. The summed E-state index contributed by atoms with van der Waals surface area (Å²) >= 11 is 0. The van der Waals surface area contributed by atoms with Crippen LogP contribution in [0.15, 0.2) is 12.1 Å². The molecule has 0 aliphatic carbocycles. The lowest BCUT2D eigenvalue weighted by Gasteiger charge is -2.13. The molecule has 0 amide bonds. The molecule has 0 saturated heterocycles. The molecular formula is C14H15F3O3. The minimum Gasteiger partial charge on any atom is -0.465 e. The van der Waals surface area contributed by atoms with E-state index in [1.807, 2.05) is 0 Å². The predicted molar refractivity (Wildman–Crippen MR) is 65.4 cm³/mol. The number of hydrogen-bond acceptors (Lipinski definition) is 3. The molecule has 6 heteroatoms. The number of carbonyl (C=O) groups excluding carboxylic acids is 2. The van der Waals surface area contributed by atoms with Crippen molar-refractivity contribution in [2.75, 3.05) is 6.61 Å². The van der Waals surface area contributed by atoms with Gasteiger partial charge in [0.2, 0.25) is 0 Å². The van der Waals surface area contributed by atoms with E-state index in [-0.39, 0.29) is 24.5 Å². The van der Waals surface area contributed by atoms with Crippen LogP contribution in [0.3, 0.4) is 0 Å². The van der Waals surface area contributed by atoms with Gasteiger partial charge < -0.3 is 9.53 Å². The average molecular weight is 288 g/mol. The summed E-state index contributed by atoms with van der Waals surface area (Å²) in [4.78, 5) is 22.1. The maximum absolute atomic E-state index is 13.4. The zero-order valence-electron chi connectivity index (χ0n) is 11.2. The van der Waals surface area contributed by atoms with E-state index in [4.69, 9.17) is 4.74 Å². The van der Waals surface area contributed by atoms with Crippen molar-refractivity contribution in [1.82, 2.24) is 0 Å². The maximum Gasteiger partial charge on any atom is 0.308 e. The normalized spacial score (nSPS) is 12.3. The number of esters is 1. The molecule has 1 rings (SSSR count). The van der Waals surface area contributed by atoms with Gasteiger partial charge in [-0.15, -0.1) is 0 Å². The van der Waals surface area contributed by atoms with Gasteiger partial charge in [0.1, 0.15) is 18.7 Å². The van der Waals surface area contributed by atoms with E-state index >= 15 is 0 Å². The van der Waals surface area contributed by atoms with Crippen molar-refractivity contribution in [3.05, 3.63) is 35.1 Å². The topological polar surface area (TPSA) is 43.4 Å². The second kappa shape index (κ2) is 7.07. The van der Waals surface area contributed by atoms with Crippen LogP contribution in [0.5, 0.6) is 0 Å². The molecule has 20 heavy (non-hydrogen) atoms. The molecular weight excluding hydrogens is 273 g/mol. The Morgan fingerprint density at radius 3 is 2.35 bits per heavy atom. The van der Waals surface area contributed by atoms with Crippen molar-refractivity contribution in [3.8, 4) is 0 Å². The van der Waals surface area contributed by atoms with Gasteiger partial charge in [-0.2, -0.15) is 0 Å². The highest BCUT2D eigenvalue weighted by atomic mass is 19.2. The quantitative estimate of drug-likeness (QED) is 0.459. The Labute approximate surface area is 114 Å². The molecule has 1 aromatic carbocycles. The maximum atomic E-state index is 13.4. The molecule has 3 nitrogen and oxygen atoms in total. The highest BCUT2D eigenvalue weighted by Crippen LogP contribution is 2.17. The van der Waals surface area contributed by atoms with Crippen LogP contribution in [-0.2, 0) is 20.7 Å². The second-order valence-corrected chi connectivity index (χ2v) is 4.74.